The molecule has 13 rings (SSSR count). The van der Waals surface area contributed by atoms with Crippen LogP contribution >= 0.6 is 0 Å². The predicted octanol–water partition coefficient (Wildman–Crippen LogP) is 15.4. The monoisotopic (exact) mass is 779 g/mol. The predicted molar refractivity (Wildman–Crippen MR) is 255 cm³/mol. The van der Waals surface area contributed by atoms with Crippen molar-refractivity contribution < 1.29 is 6.85 Å². The van der Waals surface area contributed by atoms with Gasteiger partial charge in [0.25, 0.3) is 0 Å². The van der Waals surface area contributed by atoms with Crippen molar-refractivity contribution in [2.75, 3.05) is 4.90 Å². The van der Waals surface area contributed by atoms with Gasteiger partial charge in [0.2, 0.25) is 0 Å². The second-order valence-corrected chi connectivity index (χ2v) is 16.0. The standard InChI is InChI=1S/C59H38N2/c1-3-18-39(19-4-1)42-22-10-15-32-54(42)61(41-34-36-57-49(38-41)46-26-11-16-33-55(46)60(57)40-20-5-2-6-21-40)56-37-35-53-58-47(27-17-28-48(56)58)45-25-9-14-31-52(45)59(53)50-29-12-7-23-43(50)44-24-8-13-30-51(44)59/h1-38H/i17D,27D,28D,35D,37D. The smallest absolute Gasteiger partial charge is 0.0725 e. The molecule has 2 aliphatic carbocycles. The Balaban J connectivity index is 1.21. The molecule has 0 N–H and O–H groups in total. The number of nitrogens with zero attached hydrogens (tertiary/aromatic N) is 2. The lowest BCUT2D eigenvalue weighted by molar-refractivity contribution is 0.773. The van der Waals surface area contributed by atoms with E-state index >= 15 is 0 Å². The SMILES string of the molecule is [2H]c1c([2H])c2c3c(c([2H])c([2H])c(N(c4ccc5c(c4)c4ccccc4n5-c4ccccc4)c4ccccc4-c4ccccc4)c3c1[2H])C1(c3ccccc3-c3ccccc31)c1ccccc1-2. The molecule has 0 atom stereocenters. The Bertz CT molecular complexity index is 3790. The average Bonchev–Trinajstić information content (AvgIpc) is 3.86. The normalized spacial score (nSPS) is 14.2. The molecule has 0 radical (unpaired) electrons. The van der Waals surface area contributed by atoms with Gasteiger partial charge in [-0.2, -0.15) is 0 Å². The molecule has 2 nitrogen and oxygen atoms in total. The highest BCUT2D eigenvalue weighted by Crippen LogP contribution is 2.62. The lowest BCUT2D eigenvalue weighted by Crippen LogP contribution is -2.32. The highest BCUT2D eigenvalue weighted by atomic mass is 15.1. The molecule has 10 aromatic carbocycles. The van der Waals surface area contributed by atoms with Crippen molar-refractivity contribution in [1.29, 1.82) is 0 Å². The third-order valence-corrected chi connectivity index (χ3v) is 13.0. The summed E-state index contributed by atoms with van der Waals surface area (Å²) >= 11 is 0. The molecule has 0 bridgehead atoms. The Hall–Kier alpha value is -7.94. The van der Waals surface area contributed by atoms with Gasteiger partial charge in [-0.05, 0) is 104 Å². The van der Waals surface area contributed by atoms with Crippen molar-refractivity contribution in [3.05, 3.63) is 253 Å². The molecule has 0 aliphatic heterocycles. The van der Waals surface area contributed by atoms with E-state index in [1.165, 1.54) is 0 Å². The van der Waals surface area contributed by atoms with E-state index in [2.05, 4.69) is 108 Å². The third kappa shape index (κ3) is 4.67. The summed E-state index contributed by atoms with van der Waals surface area (Å²) in [5, 5.41) is 2.99. The Morgan fingerprint density at radius 3 is 1.69 bits per heavy atom. The zero-order valence-corrected chi connectivity index (χ0v) is 32.9. The van der Waals surface area contributed by atoms with Gasteiger partial charge in [-0.15, -0.1) is 0 Å². The van der Waals surface area contributed by atoms with E-state index in [1.807, 2.05) is 102 Å². The molecule has 0 fully saturated rings. The first-order valence-electron chi connectivity index (χ1n) is 23.3. The fraction of sp³-hybridized carbons (Fsp3) is 0.0169. The third-order valence-electron chi connectivity index (χ3n) is 13.0. The molecule has 0 saturated heterocycles. The highest BCUT2D eigenvalue weighted by Gasteiger charge is 2.50. The van der Waals surface area contributed by atoms with Crippen LogP contribution < -0.4 is 4.90 Å². The summed E-state index contributed by atoms with van der Waals surface area (Å²) in [5.74, 6) is 0. The van der Waals surface area contributed by atoms with Crippen LogP contribution in [0.1, 0.15) is 29.1 Å². The van der Waals surface area contributed by atoms with Gasteiger partial charge in [0.1, 0.15) is 0 Å². The van der Waals surface area contributed by atoms with Crippen molar-refractivity contribution in [3.8, 4) is 39.1 Å². The van der Waals surface area contributed by atoms with Crippen LogP contribution in [-0.4, -0.2) is 4.57 Å². The minimum atomic E-state index is -1.05. The molecule has 1 aromatic heterocycles. The summed E-state index contributed by atoms with van der Waals surface area (Å²) in [4.78, 5) is 2.05. The second kappa shape index (κ2) is 13.0. The first-order valence-corrected chi connectivity index (χ1v) is 20.8. The molecular weight excluding hydrogens is 737 g/mol. The molecule has 1 heterocycles. The van der Waals surface area contributed by atoms with Crippen LogP contribution in [0.4, 0.5) is 17.1 Å². The molecule has 0 saturated carbocycles. The summed E-state index contributed by atoms with van der Waals surface area (Å²) < 4.78 is 52.7. The maximum Gasteiger partial charge on any atom is 0.0725 e. The highest BCUT2D eigenvalue weighted by molar-refractivity contribution is 6.14. The van der Waals surface area contributed by atoms with Crippen LogP contribution in [0.3, 0.4) is 0 Å². The Labute approximate surface area is 361 Å². The van der Waals surface area contributed by atoms with E-state index in [9.17, 15) is 6.85 Å². The number of fused-ring (bicyclic) bond motifs is 12. The number of aromatic nitrogens is 1. The number of anilines is 3. The van der Waals surface area contributed by atoms with Crippen LogP contribution in [0, 0.1) is 0 Å². The average molecular weight is 780 g/mol. The van der Waals surface area contributed by atoms with E-state index in [4.69, 9.17) is 0 Å². The van der Waals surface area contributed by atoms with Crippen LogP contribution in [0.5, 0.6) is 0 Å². The van der Waals surface area contributed by atoms with Gasteiger partial charge in [-0.3, -0.25) is 0 Å². The Kier molecular flexibility index (Phi) is 6.26. The van der Waals surface area contributed by atoms with Crippen LogP contribution in [0.15, 0.2) is 230 Å². The summed E-state index contributed by atoms with van der Waals surface area (Å²) in [5.41, 5.74) is 12.6. The number of rotatable bonds is 5. The van der Waals surface area contributed by atoms with Crippen molar-refractivity contribution >= 4 is 49.6 Å². The number of hydrogen-bond donors (Lipinski definition) is 0. The zero-order valence-electron chi connectivity index (χ0n) is 37.9. The van der Waals surface area contributed by atoms with Crippen LogP contribution in [0.2, 0.25) is 0 Å². The van der Waals surface area contributed by atoms with Crippen molar-refractivity contribution in [1.82, 2.24) is 4.57 Å². The van der Waals surface area contributed by atoms with Gasteiger partial charge in [-0.25, -0.2) is 0 Å². The van der Waals surface area contributed by atoms with Crippen molar-refractivity contribution in [3.63, 3.8) is 0 Å². The molecule has 2 aliphatic rings. The molecule has 284 valence electrons. The largest absolute Gasteiger partial charge is 0.309 e. The summed E-state index contributed by atoms with van der Waals surface area (Å²) in [6.45, 7) is 0. The van der Waals surface area contributed by atoms with E-state index in [-0.39, 0.29) is 30.2 Å². The van der Waals surface area contributed by atoms with E-state index in [0.29, 0.717) is 27.6 Å². The molecule has 0 amide bonds. The minimum absolute atomic E-state index is 0.0141. The fourth-order valence-electron chi connectivity index (χ4n) is 10.6. The van der Waals surface area contributed by atoms with Gasteiger partial charge in [0, 0.05) is 33.1 Å². The van der Waals surface area contributed by atoms with Crippen LogP contribution in [-0.2, 0) is 5.41 Å². The maximum atomic E-state index is 10.5. The number of benzene rings is 10. The molecule has 61 heavy (non-hydrogen) atoms. The fourth-order valence-corrected chi connectivity index (χ4v) is 10.6. The van der Waals surface area contributed by atoms with E-state index < -0.39 is 5.41 Å². The second-order valence-electron chi connectivity index (χ2n) is 16.0. The summed E-state index contributed by atoms with van der Waals surface area (Å²) in [6, 6.07) is 67.6. The first kappa shape index (κ1) is 29.3. The molecule has 1 spiro atoms. The number of para-hydroxylation sites is 3. The van der Waals surface area contributed by atoms with Crippen molar-refractivity contribution in [2.45, 2.75) is 5.41 Å². The summed E-state index contributed by atoms with van der Waals surface area (Å²) in [6.07, 6.45) is 0. The van der Waals surface area contributed by atoms with Gasteiger partial charge < -0.3 is 9.47 Å². The number of hydrogen-bond acceptors (Lipinski definition) is 1. The molecule has 11 aromatic rings. The van der Waals surface area contributed by atoms with Gasteiger partial charge in [0.15, 0.2) is 0 Å². The van der Waals surface area contributed by atoms with Crippen molar-refractivity contribution in [2.24, 2.45) is 0 Å². The summed E-state index contributed by atoms with van der Waals surface area (Å²) in [7, 11) is 0. The van der Waals surface area contributed by atoms with E-state index in [0.717, 1.165) is 83.4 Å². The quantitative estimate of drug-likeness (QED) is 0.169. The van der Waals surface area contributed by atoms with Gasteiger partial charge >= 0.3 is 0 Å². The lowest BCUT2D eigenvalue weighted by atomic mass is 9.61. The topological polar surface area (TPSA) is 8.17 Å². The molecule has 0 unspecified atom stereocenters. The maximum absolute atomic E-state index is 10.5. The first-order chi connectivity index (χ1) is 32.4. The van der Waals surface area contributed by atoms with Gasteiger partial charge in [0.05, 0.1) is 34.7 Å². The van der Waals surface area contributed by atoms with Crippen LogP contribution in [0.25, 0.3) is 71.6 Å². The lowest BCUT2D eigenvalue weighted by Gasteiger charge is -2.41. The Morgan fingerprint density at radius 1 is 0.393 bits per heavy atom. The molecular formula is C59H38N2. The van der Waals surface area contributed by atoms with Gasteiger partial charge in [-0.1, -0.05) is 182 Å². The van der Waals surface area contributed by atoms with E-state index in [1.54, 1.807) is 0 Å². The zero-order chi connectivity index (χ0) is 44.4. The minimum Gasteiger partial charge on any atom is -0.309 e. The molecule has 2 heteroatoms. The Morgan fingerprint density at radius 2 is 0.967 bits per heavy atom.